The first-order valence-corrected chi connectivity index (χ1v) is 14.3. The van der Waals surface area contributed by atoms with Gasteiger partial charge in [0, 0.05) is 55.2 Å². The highest BCUT2D eigenvalue weighted by Crippen LogP contribution is 2.33. The molecule has 0 radical (unpaired) electrons. The molecule has 5 fully saturated rings. The minimum atomic E-state index is -0.268. The van der Waals surface area contributed by atoms with Crippen LogP contribution < -0.4 is 10.9 Å². The summed E-state index contributed by atoms with van der Waals surface area (Å²) < 4.78 is 1.93. The molecule has 0 unspecified atom stereocenters. The van der Waals surface area contributed by atoms with Crippen molar-refractivity contribution in [3.8, 4) is 0 Å². The highest BCUT2D eigenvalue weighted by Gasteiger charge is 2.30. The molecule has 3 aliphatic heterocycles. The Labute approximate surface area is 217 Å². The van der Waals surface area contributed by atoms with Crippen molar-refractivity contribution in [3.63, 3.8) is 0 Å². The predicted octanol–water partition coefficient (Wildman–Crippen LogP) is 3.52. The Morgan fingerprint density at radius 2 is 1.70 bits per heavy atom. The molecular formula is C29H38N6O2. The second kappa shape index (κ2) is 9.64. The Bertz CT molecular complexity index is 1350. The van der Waals surface area contributed by atoms with Crippen LogP contribution in [0.2, 0.25) is 0 Å². The van der Waals surface area contributed by atoms with Gasteiger partial charge in [0.2, 0.25) is 5.95 Å². The number of aliphatic hydroxyl groups excluding tert-OH is 1. The van der Waals surface area contributed by atoms with Gasteiger partial charge in [0.05, 0.1) is 6.10 Å². The molecule has 0 atom stereocenters. The topological polar surface area (TPSA) is 86.5 Å². The normalized spacial score (nSPS) is 28.6. The van der Waals surface area contributed by atoms with E-state index in [1.54, 1.807) is 0 Å². The summed E-state index contributed by atoms with van der Waals surface area (Å²) in [5.41, 5.74) is 1.97. The fourth-order valence-electron chi connectivity index (χ4n) is 6.78. The van der Waals surface area contributed by atoms with E-state index in [1.807, 2.05) is 10.8 Å². The first kappa shape index (κ1) is 23.6. The summed E-state index contributed by atoms with van der Waals surface area (Å²) in [6, 6.07) is 7.13. The fourth-order valence-corrected chi connectivity index (χ4v) is 6.78. The van der Waals surface area contributed by atoms with Gasteiger partial charge in [-0.3, -0.25) is 14.3 Å². The minimum absolute atomic E-state index is 0.0421. The molecule has 2 bridgehead atoms. The van der Waals surface area contributed by atoms with E-state index in [2.05, 4.69) is 38.3 Å². The van der Waals surface area contributed by atoms with Gasteiger partial charge in [0.25, 0.3) is 5.56 Å². The fraction of sp³-hybridized carbons (Fsp3) is 0.621. The van der Waals surface area contributed by atoms with Crippen LogP contribution >= 0.6 is 0 Å². The van der Waals surface area contributed by atoms with Crippen molar-refractivity contribution in [2.24, 2.45) is 5.92 Å². The van der Waals surface area contributed by atoms with Gasteiger partial charge in [0.1, 0.15) is 5.65 Å². The average molecular weight is 503 g/mol. The van der Waals surface area contributed by atoms with Crippen molar-refractivity contribution in [1.82, 2.24) is 24.3 Å². The summed E-state index contributed by atoms with van der Waals surface area (Å²) in [6.07, 6.45) is 9.68. The molecule has 3 saturated heterocycles. The number of benzene rings is 1. The third kappa shape index (κ3) is 4.64. The molecule has 2 aromatic heterocycles. The molecule has 2 N–H and O–H groups in total. The van der Waals surface area contributed by atoms with Gasteiger partial charge in [0.15, 0.2) is 0 Å². The number of pyridine rings is 1. The van der Waals surface area contributed by atoms with Crippen molar-refractivity contribution in [2.75, 3.05) is 38.0 Å². The van der Waals surface area contributed by atoms with Crippen LogP contribution in [0.5, 0.6) is 0 Å². The number of piperidine rings is 1. The quantitative estimate of drug-likeness (QED) is 0.499. The average Bonchev–Trinajstić information content (AvgIpc) is 3.78. The molecule has 8 heteroatoms. The molecule has 196 valence electrons. The number of aromatic nitrogens is 3. The molecule has 5 aliphatic rings. The first-order chi connectivity index (χ1) is 18.1. The number of anilines is 1. The molecule has 8 rings (SSSR count). The maximum absolute atomic E-state index is 14.1. The van der Waals surface area contributed by atoms with E-state index < -0.39 is 0 Å². The second-order valence-electron chi connectivity index (χ2n) is 11.8. The van der Waals surface area contributed by atoms with Crippen LogP contribution in [0.4, 0.5) is 5.95 Å². The van der Waals surface area contributed by atoms with Crippen LogP contribution in [0.15, 0.2) is 29.2 Å². The minimum Gasteiger partial charge on any atom is -0.393 e. The van der Waals surface area contributed by atoms with E-state index in [-0.39, 0.29) is 17.7 Å². The summed E-state index contributed by atoms with van der Waals surface area (Å²) in [7, 11) is 0. The zero-order valence-electron chi connectivity index (χ0n) is 21.6. The first-order valence-electron chi connectivity index (χ1n) is 14.3. The molecule has 1 aromatic carbocycles. The number of nitrogens with one attached hydrogen (secondary N) is 1. The molecule has 2 saturated carbocycles. The third-order valence-corrected chi connectivity index (χ3v) is 9.26. The van der Waals surface area contributed by atoms with Crippen molar-refractivity contribution in [3.05, 3.63) is 40.3 Å². The van der Waals surface area contributed by atoms with Gasteiger partial charge in [-0.05, 0) is 87.4 Å². The van der Waals surface area contributed by atoms with Gasteiger partial charge in [-0.2, -0.15) is 4.98 Å². The van der Waals surface area contributed by atoms with Crippen molar-refractivity contribution in [1.29, 1.82) is 0 Å². The number of fused-ring (bicyclic) bond motifs is 7. The lowest BCUT2D eigenvalue weighted by Gasteiger charge is -2.31. The zero-order valence-corrected chi connectivity index (χ0v) is 21.6. The lowest BCUT2D eigenvalue weighted by atomic mass is 9.92. The van der Waals surface area contributed by atoms with E-state index in [0.29, 0.717) is 17.9 Å². The largest absolute Gasteiger partial charge is 0.393 e. The third-order valence-electron chi connectivity index (χ3n) is 9.26. The van der Waals surface area contributed by atoms with E-state index in [1.165, 1.54) is 44.3 Å². The highest BCUT2D eigenvalue weighted by atomic mass is 16.3. The van der Waals surface area contributed by atoms with Gasteiger partial charge in [-0.1, -0.05) is 12.1 Å². The van der Waals surface area contributed by atoms with Gasteiger partial charge >= 0.3 is 0 Å². The van der Waals surface area contributed by atoms with Crippen LogP contribution in [0, 0.1) is 5.92 Å². The molecule has 0 amide bonds. The molecule has 37 heavy (non-hydrogen) atoms. The number of rotatable bonds is 6. The van der Waals surface area contributed by atoms with Crippen LogP contribution in [0.3, 0.4) is 0 Å². The monoisotopic (exact) mass is 502 g/mol. The summed E-state index contributed by atoms with van der Waals surface area (Å²) in [6.45, 7) is 6.44. The van der Waals surface area contributed by atoms with E-state index in [0.717, 1.165) is 73.7 Å². The van der Waals surface area contributed by atoms with Gasteiger partial charge in [-0.15, -0.1) is 0 Å². The van der Waals surface area contributed by atoms with E-state index in [4.69, 9.17) is 4.98 Å². The molecular weight excluding hydrogens is 464 g/mol. The number of hydrogen-bond donors (Lipinski definition) is 2. The van der Waals surface area contributed by atoms with Crippen LogP contribution in [0.1, 0.15) is 63.0 Å². The smallest absolute Gasteiger partial charge is 0.260 e. The molecule has 3 aromatic rings. The van der Waals surface area contributed by atoms with Crippen molar-refractivity contribution in [2.45, 2.75) is 76.1 Å². The number of hydrogen-bond acceptors (Lipinski definition) is 7. The lowest BCUT2D eigenvalue weighted by Crippen LogP contribution is -2.37. The zero-order chi connectivity index (χ0) is 24.9. The van der Waals surface area contributed by atoms with E-state index >= 15 is 0 Å². The summed E-state index contributed by atoms with van der Waals surface area (Å²) in [4.78, 5) is 28.9. The lowest BCUT2D eigenvalue weighted by molar-refractivity contribution is 0.111. The van der Waals surface area contributed by atoms with Crippen LogP contribution in [-0.2, 0) is 6.54 Å². The Kier molecular flexibility index (Phi) is 6.14. The van der Waals surface area contributed by atoms with Gasteiger partial charge in [-0.25, -0.2) is 4.98 Å². The maximum Gasteiger partial charge on any atom is 0.260 e. The Hall–Kier alpha value is -2.55. The number of aliphatic hydroxyl groups is 1. The van der Waals surface area contributed by atoms with Gasteiger partial charge < -0.3 is 15.3 Å². The summed E-state index contributed by atoms with van der Waals surface area (Å²) >= 11 is 0. The summed E-state index contributed by atoms with van der Waals surface area (Å²) in [5.74, 6) is 1.32. The maximum atomic E-state index is 14.1. The van der Waals surface area contributed by atoms with Crippen LogP contribution in [-0.4, -0.2) is 74.3 Å². The molecule has 0 spiro atoms. The standard InChI is InChI=1S/C29H38N6O2/c36-23-6-4-22(5-7-23)35-27-26(17-31-29(32-27)30-16-19-1-2-19)24-8-3-20(15-25(24)28(35)37)18-34-14-13-33-11-9-21(34)10-12-33/h3,8,15,17,19,21-23,36H,1-2,4-7,9-14,16,18H2,(H,30,31,32). The second-order valence-corrected chi connectivity index (χ2v) is 11.8. The number of nitrogens with zero attached hydrogens (tertiary/aromatic N) is 5. The summed E-state index contributed by atoms with van der Waals surface area (Å²) in [5, 5.41) is 16.2. The van der Waals surface area contributed by atoms with Crippen molar-refractivity contribution >= 4 is 27.8 Å². The Balaban J connectivity index is 1.29. The molecule has 8 nitrogen and oxygen atoms in total. The molecule has 2 aliphatic carbocycles. The highest BCUT2D eigenvalue weighted by molar-refractivity contribution is 6.04. The van der Waals surface area contributed by atoms with Crippen molar-refractivity contribution < 1.29 is 5.11 Å². The van der Waals surface area contributed by atoms with E-state index in [9.17, 15) is 9.90 Å². The SMILES string of the molecule is O=c1c2cc(CN3CCN4CCC3CC4)ccc2c2cnc(NCC3CC3)nc2n1C1CCC(O)CC1. The van der Waals surface area contributed by atoms with Crippen LogP contribution in [0.25, 0.3) is 21.8 Å². The Morgan fingerprint density at radius 1 is 0.892 bits per heavy atom. The Morgan fingerprint density at radius 3 is 2.49 bits per heavy atom. The molecule has 5 heterocycles. The predicted molar refractivity (Wildman–Crippen MR) is 146 cm³/mol.